The number of aliphatic imine (C=N–C) groups is 1. The summed E-state index contributed by atoms with van der Waals surface area (Å²) >= 11 is 1.55. The summed E-state index contributed by atoms with van der Waals surface area (Å²) in [6.45, 7) is 6.90. The number of likely N-dealkylation sites (tertiary alicyclic amines) is 1. The van der Waals surface area contributed by atoms with E-state index >= 15 is 0 Å². The van der Waals surface area contributed by atoms with Gasteiger partial charge in [-0.15, -0.1) is 0 Å². The van der Waals surface area contributed by atoms with Gasteiger partial charge < -0.3 is 9.64 Å². The molecule has 5 nitrogen and oxygen atoms in total. The third-order valence-corrected chi connectivity index (χ3v) is 5.29. The fourth-order valence-corrected chi connectivity index (χ4v) is 4.24. The van der Waals surface area contributed by atoms with E-state index in [1.807, 2.05) is 37.3 Å². The summed E-state index contributed by atoms with van der Waals surface area (Å²) in [7, 11) is 0. The number of carbonyl (C=O) groups is 2. The summed E-state index contributed by atoms with van der Waals surface area (Å²) in [6.07, 6.45) is 0.703. The van der Waals surface area contributed by atoms with Gasteiger partial charge in [0.1, 0.15) is 11.9 Å². The highest BCUT2D eigenvalue weighted by Crippen LogP contribution is 2.47. The Balaban J connectivity index is 1.66. The van der Waals surface area contributed by atoms with Crippen LogP contribution in [0.1, 0.15) is 19.4 Å². The molecule has 0 spiro atoms. The predicted octanol–water partition coefficient (Wildman–Crippen LogP) is 2.38. The lowest BCUT2D eigenvalue weighted by molar-refractivity contribution is -0.158. The maximum atomic E-state index is 12.4. The largest absolute Gasteiger partial charge is 0.431 e. The maximum Gasteiger partial charge on any atom is 0.330 e. The number of thioether (sulfide) groups is 1. The lowest BCUT2D eigenvalue weighted by Gasteiger charge is -2.47. The Labute approximate surface area is 139 Å². The highest BCUT2D eigenvalue weighted by molar-refractivity contribution is 8.14. The van der Waals surface area contributed by atoms with E-state index in [2.05, 4.69) is 11.6 Å². The number of hydrogen-bond donors (Lipinski definition) is 0. The smallest absolute Gasteiger partial charge is 0.330 e. The van der Waals surface area contributed by atoms with E-state index in [-0.39, 0.29) is 17.8 Å². The van der Waals surface area contributed by atoms with Gasteiger partial charge in [-0.1, -0.05) is 48.7 Å². The van der Waals surface area contributed by atoms with Crippen molar-refractivity contribution in [3.8, 4) is 0 Å². The van der Waals surface area contributed by atoms with E-state index in [9.17, 15) is 9.59 Å². The molecule has 2 unspecified atom stereocenters. The lowest BCUT2D eigenvalue weighted by Crippen LogP contribution is -2.69. The van der Waals surface area contributed by atoms with Gasteiger partial charge >= 0.3 is 5.97 Å². The van der Waals surface area contributed by atoms with Gasteiger partial charge in [0.15, 0.2) is 5.54 Å². The molecule has 120 valence electrons. The molecule has 6 heteroatoms. The second-order valence-electron chi connectivity index (χ2n) is 5.89. The van der Waals surface area contributed by atoms with Crippen LogP contribution in [-0.2, 0) is 20.7 Å². The van der Waals surface area contributed by atoms with Crippen molar-refractivity contribution < 1.29 is 14.3 Å². The number of allylic oxidation sites excluding steroid dienone is 1. The molecule has 23 heavy (non-hydrogen) atoms. The Morgan fingerprint density at radius 2 is 2.13 bits per heavy atom. The van der Waals surface area contributed by atoms with Crippen molar-refractivity contribution in [3.05, 3.63) is 48.2 Å². The average molecular weight is 330 g/mol. The first-order chi connectivity index (χ1) is 10.9. The predicted molar refractivity (Wildman–Crippen MR) is 90.0 cm³/mol. The maximum absolute atomic E-state index is 12.4. The number of carbonyl (C=O) groups excluding carboxylic acids is 2. The van der Waals surface area contributed by atoms with E-state index < -0.39 is 11.5 Å². The SMILES string of the molecule is C=C(C)OC(=O)CN1C(=O)C2(C)N=C(Cc3ccccc3)SC12. The summed E-state index contributed by atoms with van der Waals surface area (Å²) < 4.78 is 4.93. The van der Waals surface area contributed by atoms with Crippen LogP contribution in [0.4, 0.5) is 0 Å². The highest BCUT2D eigenvalue weighted by atomic mass is 32.2. The molecular formula is C17H18N2O3S. The van der Waals surface area contributed by atoms with Crippen LogP contribution in [0.5, 0.6) is 0 Å². The number of β-lactam (4-membered cyclic amide) rings is 1. The number of hydrogen-bond acceptors (Lipinski definition) is 5. The highest BCUT2D eigenvalue weighted by Gasteiger charge is 2.62. The standard InChI is InChI=1S/C17H18N2O3S/c1-11(2)22-14(20)10-19-15(21)17(3)16(19)23-13(18-17)9-12-7-5-4-6-8-12/h4-8,16H,1,9-10H2,2-3H3. The fraction of sp³-hybridized carbons (Fsp3) is 0.353. The molecule has 2 heterocycles. The molecular weight excluding hydrogens is 312 g/mol. The van der Waals surface area contributed by atoms with Gasteiger partial charge in [0.05, 0.1) is 10.8 Å². The Kier molecular flexibility index (Phi) is 4.02. The zero-order valence-electron chi connectivity index (χ0n) is 13.1. The zero-order chi connectivity index (χ0) is 16.6. The molecule has 0 aromatic heterocycles. The molecule has 1 saturated heterocycles. The Morgan fingerprint density at radius 1 is 1.43 bits per heavy atom. The number of esters is 1. The van der Waals surface area contributed by atoms with Gasteiger partial charge in [0.2, 0.25) is 0 Å². The van der Waals surface area contributed by atoms with Gasteiger partial charge in [-0.3, -0.25) is 9.79 Å². The van der Waals surface area contributed by atoms with Crippen molar-refractivity contribution in [3.63, 3.8) is 0 Å². The first kappa shape index (κ1) is 15.8. The van der Waals surface area contributed by atoms with Crippen molar-refractivity contribution in [1.82, 2.24) is 4.90 Å². The summed E-state index contributed by atoms with van der Waals surface area (Å²) in [5.41, 5.74) is 0.405. The summed E-state index contributed by atoms with van der Waals surface area (Å²) in [6, 6.07) is 10.0. The molecule has 0 aliphatic carbocycles. The minimum Gasteiger partial charge on any atom is -0.431 e. The number of rotatable bonds is 5. The van der Waals surface area contributed by atoms with Crippen LogP contribution in [0.25, 0.3) is 0 Å². The molecule has 2 aliphatic rings. The molecule has 1 fully saturated rings. The lowest BCUT2D eigenvalue weighted by atomic mass is 9.91. The third kappa shape index (κ3) is 2.91. The molecule has 2 atom stereocenters. The quantitative estimate of drug-likeness (QED) is 0.472. The second kappa shape index (κ2) is 5.85. The van der Waals surface area contributed by atoms with Crippen molar-refractivity contribution in [2.75, 3.05) is 6.54 Å². The van der Waals surface area contributed by atoms with Crippen LogP contribution in [0.3, 0.4) is 0 Å². The van der Waals surface area contributed by atoms with Gasteiger partial charge in [0.25, 0.3) is 5.91 Å². The number of amides is 1. The van der Waals surface area contributed by atoms with Crippen LogP contribution in [-0.4, -0.2) is 39.3 Å². The summed E-state index contributed by atoms with van der Waals surface area (Å²) in [4.78, 5) is 30.2. The second-order valence-corrected chi connectivity index (χ2v) is 7.05. The number of nitrogens with zero attached hydrogens (tertiary/aromatic N) is 2. The van der Waals surface area contributed by atoms with Crippen LogP contribution in [0, 0.1) is 0 Å². The van der Waals surface area contributed by atoms with E-state index in [4.69, 9.17) is 4.74 Å². The molecule has 0 bridgehead atoms. The molecule has 0 radical (unpaired) electrons. The first-order valence-electron chi connectivity index (χ1n) is 7.37. The van der Waals surface area contributed by atoms with E-state index in [1.54, 1.807) is 18.7 Å². The van der Waals surface area contributed by atoms with Gasteiger partial charge in [-0.2, -0.15) is 0 Å². The van der Waals surface area contributed by atoms with Gasteiger partial charge in [0, 0.05) is 6.42 Å². The number of ether oxygens (including phenoxy) is 1. The van der Waals surface area contributed by atoms with Crippen molar-refractivity contribution >= 4 is 28.7 Å². The van der Waals surface area contributed by atoms with Crippen LogP contribution >= 0.6 is 11.8 Å². The Morgan fingerprint density at radius 3 is 2.78 bits per heavy atom. The minimum atomic E-state index is -0.752. The molecule has 1 aromatic carbocycles. The monoisotopic (exact) mass is 330 g/mol. The third-order valence-electron chi connectivity index (χ3n) is 3.85. The summed E-state index contributed by atoms with van der Waals surface area (Å²) in [5, 5.41) is 0.791. The number of benzene rings is 1. The number of fused-ring (bicyclic) bond motifs is 1. The summed E-state index contributed by atoms with van der Waals surface area (Å²) in [5.74, 6) is -0.271. The molecule has 3 rings (SSSR count). The normalized spacial score (nSPS) is 25.5. The van der Waals surface area contributed by atoms with Crippen LogP contribution in [0.15, 0.2) is 47.7 Å². The van der Waals surface area contributed by atoms with Crippen molar-refractivity contribution in [2.24, 2.45) is 4.99 Å². The topological polar surface area (TPSA) is 59.0 Å². The Bertz CT molecular complexity index is 701. The van der Waals surface area contributed by atoms with Crippen LogP contribution < -0.4 is 0 Å². The Hall–Kier alpha value is -2.08. The van der Waals surface area contributed by atoms with Crippen molar-refractivity contribution in [2.45, 2.75) is 31.2 Å². The molecule has 0 N–H and O–H groups in total. The first-order valence-corrected chi connectivity index (χ1v) is 8.24. The van der Waals surface area contributed by atoms with Gasteiger partial charge in [-0.25, -0.2) is 4.79 Å². The minimum absolute atomic E-state index is 0.0624. The van der Waals surface area contributed by atoms with E-state index in [0.29, 0.717) is 12.2 Å². The zero-order valence-corrected chi connectivity index (χ0v) is 13.9. The van der Waals surface area contributed by atoms with Crippen LogP contribution in [0.2, 0.25) is 0 Å². The molecule has 2 aliphatic heterocycles. The van der Waals surface area contributed by atoms with Crippen molar-refractivity contribution in [1.29, 1.82) is 0 Å². The van der Waals surface area contributed by atoms with E-state index in [0.717, 1.165) is 10.6 Å². The molecule has 1 amide bonds. The molecule has 1 aromatic rings. The van der Waals surface area contributed by atoms with Gasteiger partial charge in [-0.05, 0) is 19.4 Å². The average Bonchev–Trinajstić information content (AvgIpc) is 2.79. The van der Waals surface area contributed by atoms with E-state index in [1.165, 1.54) is 4.90 Å². The fourth-order valence-electron chi connectivity index (χ4n) is 2.81. The molecule has 0 saturated carbocycles.